The lowest BCUT2D eigenvalue weighted by Crippen LogP contribution is -2.09. The van der Waals surface area contributed by atoms with Gasteiger partial charge in [-0.25, -0.2) is 14.8 Å². The van der Waals surface area contributed by atoms with Crippen LogP contribution in [0.1, 0.15) is 17.3 Å². The molecule has 0 bridgehead atoms. The van der Waals surface area contributed by atoms with E-state index in [1.54, 1.807) is 6.92 Å². The topological polar surface area (TPSA) is 52.1 Å². The molecule has 1 aromatic heterocycles. The molecule has 2 rings (SSSR count). The molecular weight excluding hydrogens is 260 g/mol. The lowest BCUT2D eigenvalue weighted by molar-refractivity contribution is 0.0526. The Hall–Kier alpha value is -1.88. The molecule has 0 aliphatic rings. The van der Waals surface area contributed by atoms with E-state index < -0.39 is 5.97 Å². The van der Waals surface area contributed by atoms with E-state index in [0.717, 1.165) is 5.56 Å². The monoisotopic (exact) mass is 274 g/mol. The summed E-state index contributed by atoms with van der Waals surface area (Å²) in [5.74, 6) is -0.394. The highest BCUT2D eigenvalue weighted by Gasteiger charge is 2.16. The van der Waals surface area contributed by atoms with Crippen LogP contribution in [0.5, 0.6) is 0 Å². The van der Waals surface area contributed by atoms with Gasteiger partial charge < -0.3 is 4.74 Å². The third kappa shape index (κ3) is 3.12. The normalized spacial score (nSPS) is 10.2. The number of thioether (sulfide) groups is 1. The maximum atomic E-state index is 11.9. The first-order chi connectivity index (χ1) is 9.26. The Morgan fingerprint density at radius 1 is 1.32 bits per heavy atom. The Morgan fingerprint density at radius 3 is 2.68 bits per heavy atom. The van der Waals surface area contributed by atoms with Gasteiger partial charge in [0.05, 0.1) is 12.3 Å². The fraction of sp³-hybridized carbons (Fsp3) is 0.214. The number of carbonyl (C=O) groups excluding carboxylic acids is 1. The Balaban J connectivity index is 2.52. The molecule has 0 atom stereocenters. The summed E-state index contributed by atoms with van der Waals surface area (Å²) in [6.45, 7) is 2.11. The molecule has 0 saturated carbocycles. The zero-order valence-corrected chi connectivity index (χ0v) is 11.6. The van der Waals surface area contributed by atoms with Gasteiger partial charge in [0.15, 0.2) is 5.16 Å². The predicted octanol–water partition coefficient (Wildman–Crippen LogP) is 3.04. The van der Waals surface area contributed by atoms with E-state index in [1.165, 1.54) is 18.0 Å². The first-order valence-corrected chi connectivity index (χ1v) is 7.12. The number of rotatable bonds is 4. The van der Waals surface area contributed by atoms with Gasteiger partial charge in [-0.3, -0.25) is 0 Å². The molecule has 2 aromatic rings. The fourth-order valence-corrected chi connectivity index (χ4v) is 1.98. The van der Waals surface area contributed by atoms with Crippen molar-refractivity contribution >= 4 is 17.7 Å². The summed E-state index contributed by atoms with van der Waals surface area (Å²) < 4.78 is 5.04. The van der Waals surface area contributed by atoms with Gasteiger partial charge in [0.1, 0.15) is 5.56 Å². The number of hydrogen-bond acceptors (Lipinski definition) is 5. The molecule has 0 aliphatic heterocycles. The SMILES string of the molecule is CCOC(=O)c1cnc(SC)nc1-c1ccccc1. The molecule has 0 spiro atoms. The van der Waals surface area contributed by atoms with Gasteiger partial charge in [-0.05, 0) is 13.2 Å². The van der Waals surface area contributed by atoms with Crippen LogP contribution >= 0.6 is 11.8 Å². The molecule has 98 valence electrons. The average molecular weight is 274 g/mol. The molecule has 1 heterocycles. The number of hydrogen-bond donors (Lipinski definition) is 0. The smallest absolute Gasteiger partial charge is 0.341 e. The summed E-state index contributed by atoms with van der Waals surface area (Å²) in [7, 11) is 0. The van der Waals surface area contributed by atoms with Crippen molar-refractivity contribution in [1.29, 1.82) is 0 Å². The average Bonchev–Trinajstić information content (AvgIpc) is 2.47. The Bertz CT molecular complexity index is 573. The van der Waals surface area contributed by atoms with Gasteiger partial charge in [-0.1, -0.05) is 42.1 Å². The highest BCUT2D eigenvalue weighted by atomic mass is 32.2. The summed E-state index contributed by atoms with van der Waals surface area (Å²) in [6, 6.07) is 9.56. The minimum Gasteiger partial charge on any atom is -0.462 e. The first-order valence-electron chi connectivity index (χ1n) is 5.89. The zero-order valence-electron chi connectivity index (χ0n) is 10.8. The quantitative estimate of drug-likeness (QED) is 0.487. The van der Waals surface area contributed by atoms with Crippen molar-refractivity contribution in [3.05, 3.63) is 42.1 Å². The van der Waals surface area contributed by atoms with E-state index in [9.17, 15) is 4.79 Å². The van der Waals surface area contributed by atoms with Crippen LogP contribution in [0.25, 0.3) is 11.3 Å². The Kier molecular flexibility index (Phi) is 4.52. The van der Waals surface area contributed by atoms with Crippen LogP contribution in [0.2, 0.25) is 0 Å². The number of nitrogens with zero attached hydrogens (tertiary/aromatic N) is 2. The molecule has 19 heavy (non-hydrogen) atoms. The highest BCUT2D eigenvalue weighted by Crippen LogP contribution is 2.23. The molecule has 0 radical (unpaired) electrons. The van der Waals surface area contributed by atoms with Crippen LogP contribution in [0.4, 0.5) is 0 Å². The minimum absolute atomic E-state index is 0.331. The van der Waals surface area contributed by atoms with Crippen molar-refractivity contribution in [3.63, 3.8) is 0 Å². The van der Waals surface area contributed by atoms with Crippen LogP contribution in [0.15, 0.2) is 41.7 Å². The summed E-state index contributed by atoms with van der Waals surface area (Å²) in [5.41, 5.74) is 1.88. The van der Waals surface area contributed by atoms with Crippen molar-refractivity contribution in [2.45, 2.75) is 12.1 Å². The van der Waals surface area contributed by atoms with Crippen LogP contribution < -0.4 is 0 Å². The van der Waals surface area contributed by atoms with Crippen LogP contribution in [-0.4, -0.2) is 28.8 Å². The summed E-state index contributed by atoms with van der Waals surface area (Å²) in [5, 5.41) is 0.631. The van der Waals surface area contributed by atoms with Crippen molar-refractivity contribution in [2.75, 3.05) is 12.9 Å². The molecular formula is C14H14N2O2S. The van der Waals surface area contributed by atoms with Crippen molar-refractivity contribution in [2.24, 2.45) is 0 Å². The number of esters is 1. The standard InChI is InChI=1S/C14H14N2O2S/c1-3-18-13(17)11-9-15-14(19-2)16-12(11)10-7-5-4-6-8-10/h4-9H,3H2,1-2H3. The van der Waals surface area contributed by atoms with E-state index in [1.807, 2.05) is 36.6 Å². The van der Waals surface area contributed by atoms with E-state index in [4.69, 9.17) is 4.74 Å². The highest BCUT2D eigenvalue weighted by molar-refractivity contribution is 7.98. The molecule has 0 saturated heterocycles. The molecule has 5 heteroatoms. The Labute approximate surface area is 116 Å². The molecule has 0 amide bonds. The number of ether oxygens (including phenoxy) is 1. The zero-order chi connectivity index (χ0) is 13.7. The van der Waals surface area contributed by atoms with Gasteiger partial charge in [-0.15, -0.1) is 0 Å². The lowest BCUT2D eigenvalue weighted by atomic mass is 10.1. The number of carbonyl (C=O) groups is 1. The Morgan fingerprint density at radius 2 is 2.05 bits per heavy atom. The molecule has 0 N–H and O–H groups in total. The third-order valence-electron chi connectivity index (χ3n) is 2.49. The van der Waals surface area contributed by atoms with Crippen LogP contribution in [0.3, 0.4) is 0 Å². The van der Waals surface area contributed by atoms with E-state index in [2.05, 4.69) is 9.97 Å². The van der Waals surface area contributed by atoms with Gasteiger partial charge in [0.2, 0.25) is 0 Å². The minimum atomic E-state index is -0.394. The van der Waals surface area contributed by atoms with Gasteiger partial charge in [0, 0.05) is 11.8 Å². The van der Waals surface area contributed by atoms with Crippen LogP contribution in [0, 0.1) is 0 Å². The van der Waals surface area contributed by atoms with Crippen molar-refractivity contribution < 1.29 is 9.53 Å². The molecule has 4 nitrogen and oxygen atoms in total. The van der Waals surface area contributed by atoms with Crippen molar-refractivity contribution in [1.82, 2.24) is 9.97 Å². The third-order valence-corrected chi connectivity index (χ3v) is 3.05. The van der Waals surface area contributed by atoms with Gasteiger partial charge in [0.25, 0.3) is 0 Å². The maximum Gasteiger partial charge on any atom is 0.341 e. The molecule has 0 unspecified atom stereocenters. The summed E-state index contributed by atoms with van der Waals surface area (Å²) in [6.07, 6.45) is 3.42. The second-order valence-corrected chi connectivity index (χ2v) is 4.48. The van der Waals surface area contributed by atoms with E-state index in [0.29, 0.717) is 23.0 Å². The molecule has 0 aliphatic carbocycles. The van der Waals surface area contributed by atoms with Crippen LogP contribution in [-0.2, 0) is 4.74 Å². The van der Waals surface area contributed by atoms with E-state index in [-0.39, 0.29) is 0 Å². The van der Waals surface area contributed by atoms with Gasteiger partial charge in [-0.2, -0.15) is 0 Å². The summed E-state index contributed by atoms with van der Waals surface area (Å²) >= 11 is 1.44. The number of aromatic nitrogens is 2. The van der Waals surface area contributed by atoms with E-state index >= 15 is 0 Å². The van der Waals surface area contributed by atoms with Gasteiger partial charge >= 0.3 is 5.97 Å². The number of benzene rings is 1. The largest absolute Gasteiger partial charge is 0.462 e. The predicted molar refractivity (Wildman–Crippen MR) is 75.2 cm³/mol. The lowest BCUT2D eigenvalue weighted by Gasteiger charge is -2.08. The second-order valence-electron chi connectivity index (χ2n) is 3.71. The van der Waals surface area contributed by atoms with Crippen molar-refractivity contribution in [3.8, 4) is 11.3 Å². The fourth-order valence-electron chi connectivity index (χ4n) is 1.64. The molecule has 1 aromatic carbocycles. The molecule has 0 fully saturated rings. The second kappa shape index (κ2) is 6.33. The maximum absolute atomic E-state index is 11.9. The summed E-state index contributed by atoms with van der Waals surface area (Å²) in [4.78, 5) is 20.5. The first kappa shape index (κ1) is 13.5.